The maximum Gasteiger partial charge on any atom is 0.323 e. The fraction of sp³-hybridized carbons (Fsp3) is 0.500. The molecule has 0 saturated heterocycles. The van der Waals surface area contributed by atoms with E-state index in [1.54, 1.807) is 0 Å². The first-order valence-corrected chi connectivity index (χ1v) is 11.0. The Labute approximate surface area is 147 Å². The van der Waals surface area contributed by atoms with Crippen LogP contribution in [-0.2, 0) is 20.4 Å². The van der Waals surface area contributed by atoms with Crippen LogP contribution in [0.15, 0.2) is 23.0 Å². The average Bonchev–Trinajstić information content (AvgIpc) is 3.14. The minimum absolute atomic E-state index is 0.164. The average molecular weight is 415 g/mol. The molecule has 0 bridgehead atoms. The van der Waals surface area contributed by atoms with Crippen molar-refractivity contribution in [3.8, 4) is 0 Å². The summed E-state index contributed by atoms with van der Waals surface area (Å²) in [5.41, 5.74) is 0. The van der Waals surface area contributed by atoms with Crippen molar-refractivity contribution in [2.24, 2.45) is 0 Å². The summed E-state index contributed by atoms with van der Waals surface area (Å²) in [5.74, 6) is 0. The fourth-order valence-corrected chi connectivity index (χ4v) is 4.12. The molecule has 24 heavy (non-hydrogen) atoms. The van der Waals surface area contributed by atoms with Crippen LogP contribution in [0, 0.1) is 0 Å². The van der Waals surface area contributed by atoms with Gasteiger partial charge in [0.15, 0.2) is 0 Å². The molecular formula is C8H14N8O4S4. The van der Waals surface area contributed by atoms with Crippen molar-refractivity contribution in [2.45, 2.75) is 10.3 Å². The number of rotatable bonds is 7. The molecule has 0 saturated carbocycles. The van der Waals surface area contributed by atoms with Gasteiger partial charge < -0.3 is 0 Å². The Kier molecular flexibility index (Phi) is 5.55. The second-order valence-corrected chi connectivity index (χ2v) is 10.6. The van der Waals surface area contributed by atoms with Gasteiger partial charge in [0.05, 0.1) is 0 Å². The van der Waals surface area contributed by atoms with Gasteiger partial charge in [-0.15, -0.1) is 18.4 Å². The van der Waals surface area contributed by atoms with Crippen LogP contribution in [-0.4, -0.2) is 82.0 Å². The normalized spacial score (nSPS) is 13.1. The highest BCUT2D eigenvalue weighted by Crippen LogP contribution is 2.33. The summed E-state index contributed by atoms with van der Waals surface area (Å²) in [6.45, 7) is 0. The van der Waals surface area contributed by atoms with E-state index in [1.165, 1.54) is 28.2 Å². The maximum absolute atomic E-state index is 11.9. The van der Waals surface area contributed by atoms with E-state index in [9.17, 15) is 16.8 Å². The summed E-state index contributed by atoms with van der Waals surface area (Å²) in [6.07, 6.45) is 2.14. The standard InChI is InChI=1S/C8H14N8O4S4/c1-13(2)23(17,18)15-5-9-7(11-15)21-22-8-10-6-16(12-8)24(19,20)14(3)4/h5-6H,1-4H3. The van der Waals surface area contributed by atoms with Gasteiger partial charge in [0.1, 0.15) is 12.7 Å². The van der Waals surface area contributed by atoms with Crippen LogP contribution >= 0.6 is 21.6 Å². The minimum atomic E-state index is -3.73. The van der Waals surface area contributed by atoms with Crippen LogP contribution in [0.2, 0.25) is 0 Å². The fourth-order valence-electron chi connectivity index (χ4n) is 1.18. The van der Waals surface area contributed by atoms with Crippen LogP contribution < -0.4 is 0 Å². The van der Waals surface area contributed by atoms with Gasteiger partial charge in [0.2, 0.25) is 10.3 Å². The lowest BCUT2D eigenvalue weighted by atomic mass is 11.3. The summed E-state index contributed by atoms with van der Waals surface area (Å²) < 4.78 is 50.9. The first kappa shape index (κ1) is 19.1. The Morgan fingerprint density at radius 3 is 1.42 bits per heavy atom. The molecule has 0 spiro atoms. The molecule has 134 valence electrons. The van der Waals surface area contributed by atoms with E-state index in [2.05, 4.69) is 20.2 Å². The molecule has 0 radical (unpaired) electrons. The minimum Gasteiger partial charge on any atom is -0.208 e. The molecule has 2 aromatic rings. The highest BCUT2D eigenvalue weighted by atomic mass is 33.1. The van der Waals surface area contributed by atoms with Crippen molar-refractivity contribution in [2.75, 3.05) is 28.2 Å². The third-order valence-corrected chi connectivity index (χ3v) is 7.53. The molecule has 0 aliphatic heterocycles. The van der Waals surface area contributed by atoms with Gasteiger partial charge in [-0.25, -0.2) is 9.97 Å². The van der Waals surface area contributed by atoms with Crippen molar-refractivity contribution in [3.05, 3.63) is 12.7 Å². The van der Waals surface area contributed by atoms with Gasteiger partial charge in [0, 0.05) is 28.2 Å². The quantitative estimate of drug-likeness (QED) is 0.518. The van der Waals surface area contributed by atoms with Gasteiger partial charge in [-0.2, -0.15) is 25.4 Å². The summed E-state index contributed by atoms with van der Waals surface area (Å²) in [7, 11) is 0.0378. The summed E-state index contributed by atoms with van der Waals surface area (Å²) in [5, 5.41) is 7.99. The number of hydrogen-bond acceptors (Lipinski definition) is 10. The van der Waals surface area contributed by atoms with Gasteiger partial charge in [-0.3, -0.25) is 0 Å². The number of aromatic nitrogens is 6. The molecule has 12 nitrogen and oxygen atoms in total. The molecule has 2 rings (SSSR count). The Morgan fingerprint density at radius 1 is 0.792 bits per heavy atom. The SMILES string of the molecule is CN(C)S(=O)(=O)n1cnc(SSc2ncn(S(=O)(=O)N(C)C)n2)n1. The van der Waals surface area contributed by atoms with Crippen molar-refractivity contribution in [1.29, 1.82) is 0 Å². The van der Waals surface area contributed by atoms with E-state index in [0.29, 0.717) is 0 Å². The summed E-state index contributed by atoms with van der Waals surface area (Å²) in [4.78, 5) is 7.73. The van der Waals surface area contributed by atoms with Gasteiger partial charge in [-0.1, -0.05) is 0 Å². The Morgan fingerprint density at radius 2 is 1.12 bits per heavy atom. The third kappa shape index (κ3) is 3.89. The Hall–Kier alpha value is -1.20. The molecule has 0 aromatic carbocycles. The van der Waals surface area contributed by atoms with E-state index in [4.69, 9.17) is 0 Å². The zero-order valence-electron chi connectivity index (χ0n) is 13.0. The molecule has 16 heteroatoms. The van der Waals surface area contributed by atoms with Crippen LogP contribution in [0.5, 0.6) is 0 Å². The van der Waals surface area contributed by atoms with Crippen LogP contribution in [0.3, 0.4) is 0 Å². The molecule has 0 aliphatic carbocycles. The lowest BCUT2D eigenvalue weighted by Crippen LogP contribution is -2.29. The van der Waals surface area contributed by atoms with Crippen molar-refractivity contribution >= 4 is 42.0 Å². The highest BCUT2D eigenvalue weighted by Gasteiger charge is 2.20. The number of nitrogens with zero attached hydrogens (tertiary/aromatic N) is 8. The molecule has 0 fully saturated rings. The highest BCUT2D eigenvalue weighted by molar-refractivity contribution is 8.76. The largest absolute Gasteiger partial charge is 0.323 e. The molecule has 2 heterocycles. The van der Waals surface area contributed by atoms with E-state index in [1.807, 2.05) is 0 Å². The molecular weight excluding hydrogens is 400 g/mol. The molecule has 0 aliphatic rings. The monoisotopic (exact) mass is 414 g/mol. The first-order valence-electron chi connectivity index (χ1n) is 6.09. The van der Waals surface area contributed by atoms with Gasteiger partial charge in [-0.05, 0) is 21.6 Å². The lowest BCUT2D eigenvalue weighted by molar-refractivity contribution is 0.501. The van der Waals surface area contributed by atoms with Gasteiger partial charge >= 0.3 is 20.4 Å². The molecule has 0 unspecified atom stereocenters. The lowest BCUT2D eigenvalue weighted by Gasteiger charge is -2.09. The molecule has 0 N–H and O–H groups in total. The maximum atomic E-state index is 11.9. The van der Waals surface area contributed by atoms with E-state index in [0.717, 1.165) is 51.0 Å². The zero-order valence-corrected chi connectivity index (χ0v) is 16.3. The Balaban J connectivity index is 2.08. The number of hydrogen-bond donors (Lipinski definition) is 0. The van der Waals surface area contributed by atoms with E-state index in [-0.39, 0.29) is 10.3 Å². The van der Waals surface area contributed by atoms with Crippen molar-refractivity contribution < 1.29 is 16.8 Å². The predicted molar refractivity (Wildman–Crippen MR) is 87.8 cm³/mol. The topological polar surface area (TPSA) is 136 Å². The zero-order chi connectivity index (χ0) is 18.1. The molecule has 2 aromatic heterocycles. The van der Waals surface area contributed by atoms with E-state index >= 15 is 0 Å². The smallest absolute Gasteiger partial charge is 0.208 e. The Bertz CT molecular complexity index is 839. The molecule has 0 amide bonds. The van der Waals surface area contributed by atoms with Crippen LogP contribution in [0.4, 0.5) is 0 Å². The van der Waals surface area contributed by atoms with Crippen LogP contribution in [0.1, 0.15) is 0 Å². The first-order chi connectivity index (χ1) is 11.0. The third-order valence-electron chi connectivity index (χ3n) is 2.49. The van der Waals surface area contributed by atoms with Crippen molar-refractivity contribution in [3.63, 3.8) is 0 Å². The second-order valence-electron chi connectivity index (χ2n) is 4.55. The summed E-state index contributed by atoms with van der Waals surface area (Å²) in [6, 6.07) is 0. The van der Waals surface area contributed by atoms with Crippen LogP contribution in [0.25, 0.3) is 0 Å². The van der Waals surface area contributed by atoms with Crippen molar-refractivity contribution in [1.82, 2.24) is 36.9 Å². The molecule has 0 atom stereocenters. The van der Waals surface area contributed by atoms with E-state index < -0.39 is 20.4 Å². The van der Waals surface area contributed by atoms with Gasteiger partial charge in [0.25, 0.3) is 0 Å². The summed E-state index contributed by atoms with van der Waals surface area (Å²) >= 11 is 0. The second kappa shape index (κ2) is 6.96. The predicted octanol–water partition coefficient (Wildman–Crippen LogP) is -1.02.